The number of benzene rings is 2. The van der Waals surface area contributed by atoms with Gasteiger partial charge in [0.05, 0.1) is 49.6 Å². The number of aryl methyl sites for hydroxylation is 4. The Labute approximate surface area is 364 Å². The van der Waals surface area contributed by atoms with E-state index in [4.69, 9.17) is 29.6 Å². The first-order valence-corrected chi connectivity index (χ1v) is 22.5. The highest BCUT2D eigenvalue weighted by atomic mass is 16.5. The SMILES string of the molecule is COc1cc(/C=C/c2nc3n(n2)CCC[C@@H]3C2CCNCC2)ccc1-n1cnc(C)c1.COc1cc(/C=C/c2nc3n(n2)CCC[C@H]3C2CCNCC2)ccc1-n1cnc(C)c1. The molecule has 2 saturated heterocycles. The molecule has 62 heavy (non-hydrogen) atoms. The molecule has 6 aromatic rings. The van der Waals surface area contributed by atoms with Crippen molar-refractivity contribution in [2.45, 2.75) is 90.1 Å². The van der Waals surface area contributed by atoms with Crippen LogP contribution in [0.15, 0.2) is 61.4 Å². The van der Waals surface area contributed by atoms with Gasteiger partial charge in [-0.25, -0.2) is 29.3 Å². The van der Waals surface area contributed by atoms with Crippen LogP contribution in [-0.2, 0) is 13.1 Å². The molecule has 2 aromatic carbocycles. The van der Waals surface area contributed by atoms with E-state index in [2.05, 4.69) is 66.4 Å². The van der Waals surface area contributed by atoms with Gasteiger partial charge < -0.3 is 29.2 Å². The Balaban J connectivity index is 0.000000158. The topological polar surface area (TPSA) is 140 Å². The zero-order valence-corrected chi connectivity index (χ0v) is 36.6. The van der Waals surface area contributed by atoms with Gasteiger partial charge in [0.2, 0.25) is 0 Å². The van der Waals surface area contributed by atoms with Gasteiger partial charge in [0, 0.05) is 37.3 Å². The van der Waals surface area contributed by atoms with Crippen molar-refractivity contribution in [3.05, 3.63) is 107 Å². The summed E-state index contributed by atoms with van der Waals surface area (Å²) in [6.45, 7) is 10.4. The molecule has 14 nitrogen and oxygen atoms in total. The number of aromatic nitrogens is 10. The van der Waals surface area contributed by atoms with Crippen LogP contribution in [0, 0.1) is 25.7 Å². The highest BCUT2D eigenvalue weighted by molar-refractivity contribution is 5.70. The first kappa shape index (κ1) is 41.5. The van der Waals surface area contributed by atoms with E-state index in [9.17, 15) is 0 Å². The average molecular weight is 837 g/mol. The lowest BCUT2D eigenvalue weighted by Gasteiger charge is -2.32. The van der Waals surface area contributed by atoms with Crippen LogP contribution < -0.4 is 20.1 Å². The Morgan fingerprint density at radius 2 is 1.02 bits per heavy atom. The van der Waals surface area contributed by atoms with Crippen molar-refractivity contribution in [2.24, 2.45) is 11.8 Å². The summed E-state index contributed by atoms with van der Waals surface area (Å²) in [6, 6.07) is 12.3. The largest absolute Gasteiger partial charge is 0.495 e. The Hall–Kier alpha value is -5.86. The van der Waals surface area contributed by atoms with Crippen molar-refractivity contribution < 1.29 is 9.47 Å². The molecule has 4 aromatic heterocycles. The lowest BCUT2D eigenvalue weighted by Crippen LogP contribution is -2.33. The van der Waals surface area contributed by atoms with E-state index in [1.807, 2.05) is 59.7 Å². The van der Waals surface area contributed by atoms with E-state index in [1.165, 1.54) is 63.0 Å². The molecular formula is C48H60N12O2. The average Bonchev–Trinajstić information content (AvgIpc) is 4.15. The predicted octanol–water partition coefficient (Wildman–Crippen LogP) is 7.66. The first-order chi connectivity index (χ1) is 30.4. The Kier molecular flexibility index (Phi) is 12.7. The normalized spacial score (nSPS) is 19.6. The van der Waals surface area contributed by atoms with Gasteiger partial charge in [-0.3, -0.25) is 0 Å². The number of hydrogen-bond acceptors (Lipinski definition) is 10. The van der Waals surface area contributed by atoms with E-state index in [0.29, 0.717) is 11.8 Å². The second-order valence-corrected chi connectivity index (χ2v) is 17.1. The number of nitrogens with zero attached hydrogens (tertiary/aromatic N) is 10. The fourth-order valence-corrected chi connectivity index (χ4v) is 9.80. The number of nitrogens with one attached hydrogen (secondary N) is 2. The van der Waals surface area contributed by atoms with Crippen LogP contribution in [0.4, 0.5) is 0 Å². The number of piperidine rings is 2. The summed E-state index contributed by atoms with van der Waals surface area (Å²) in [5, 5.41) is 16.5. The molecule has 0 aliphatic carbocycles. The quantitative estimate of drug-likeness (QED) is 0.141. The van der Waals surface area contributed by atoms with Gasteiger partial charge in [0.25, 0.3) is 0 Å². The van der Waals surface area contributed by atoms with Crippen molar-refractivity contribution in [1.82, 2.24) is 59.3 Å². The van der Waals surface area contributed by atoms with E-state index < -0.39 is 0 Å². The minimum Gasteiger partial charge on any atom is -0.495 e. The van der Waals surface area contributed by atoms with E-state index in [0.717, 1.165) is 108 Å². The number of rotatable bonds is 10. The molecule has 0 radical (unpaired) electrons. The molecule has 0 spiro atoms. The van der Waals surface area contributed by atoms with Crippen LogP contribution >= 0.6 is 0 Å². The van der Waals surface area contributed by atoms with Crippen LogP contribution in [0.25, 0.3) is 35.7 Å². The third-order valence-electron chi connectivity index (χ3n) is 13.0. The number of imidazole rings is 2. The molecule has 2 atom stereocenters. The summed E-state index contributed by atoms with van der Waals surface area (Å²) in [5.74, 6) is 8.11. The van der Waals surface area contributed by atoms with Crippen molar-refractivity contribution in [3.63, 3.8) is 0 Å². The molecule has 14 heteroatoms. The van der Waals surface area contributed by atoms with Gasteiger partial charge in [0.15, 0.2) is 11.6 Å². The van der Waals surface area contributed by atoms with Crippen molar-refractivity contribution in [2.75, 3.05) is 40.4 Å². The molecule has 324 valence electrons. The lowest BCUT2D eigenvalue weighted by atomic mass is 9.80. The van der Waals surface area contributed by atoms with Crippen LogP contribution in [0.2, 0.25) is 0 Å². The van der Waals surface area contributed by atoms with Gasteiger partial charge in [0.1, 0.15) is 23.1 Å². The maximum absolute atomic E-state index is 5.63. The smallest absolute Gasteiger partial charge is 0.174 e. The third-order valence-corrected chi connectivity index (χ3v) is 13.0. The summed E-state index contributed by atoms with van der Waals surface area (Å²) >= 11 is 0. The molecule has 0 unspecified atom stereocenters. The summed E-state index contributed by atoms with van der Waals surface area (Å²) in [5.41, 5.74) is 6.01. The van der Waals surface area contributed by atoms with Crippen LogP contribution in [0.3, 0.4) is 0 Å². The fraction of sp³-hybridized carbons (Fsp3) is 0.458. The van der Waals surface area contributed by atoms with Crippen LogP contribution in [0.1, 0.15) is 109 Å². The molecule has 2 N–H and O–H groups in total. The number of ether oxygens (including phenoxy) is 2. The zero-order valence-electron chi connectivity index (χ0n) is 36.6. The Morgan fingerprint density at radius 3 is 1.40 bits per heavy atom. The second kappa shape index (κ2) is 19.0. The summed E-state index contributed by atoms with van der Waals surface area (Å²) < 4.78 is 19.5. The predicted molar refractivity (Wildman–Crippen MR) is 243 cm³/mol. The molecule has 2 fully saturated rings. The Morgan fingerprint density at radius 1 is 0.581 bits per heavy atom. The van der Waals surface area contributed by atoms with Gasteiger partial charge >= 0.3 is 0 Å². The monoisotopic (exact) mass is 836 g/mol. The molecular weight excluding hydrogens is 777 g/mol. The number of hydrogen-bond donors (Lipinski definition) is 2. The molecule has 4 aliphatic rings. The second-order valence-electron chi connectivity index (χ2n) is 17.1. The van der Waals surface area contributed by atoms with Crippen molar-refractivity contribution >= 4 is 24.3 Å². The highest BCUT2D eigenvalue weighted by Gasteiger charge is 2.33. The molecule has 10 rings (SSSR count). The van der Waals surface area contributed by atoms with E-state index in [1.54, 1.807) is 26.9 Å². The highest BCUT2D eigenvalue weighted by Crippen LogP contribution is 2.38. The van der Waals surface area contributed by atoms with Gasteiger partial charge in [-0.05, 0) is 151 Å². The summed E-state index contributed by atoms with van der Waals surface area (Å²) in [4.78, 5) is 18.5. The first-order valence-electron chi connectivity index (χ1n) is 22.5. The van der Waals surface area contributed by atoms with Crippen LogP contribution in [0.5, 0.6) is 11.5 Å². The standard InChI is InChI=1S/2C24H30N6O/c2*1-17-15-29(16-26-17)21-7-5-18(14-22(21)31-2)6-8-23-27-24-20(4-3-13-30(24)28-23)19-9-11-25-12-10-19/h2*5-8,14-16,19-20,25H,3-4,9-13H2,1-2H3/b2*8-6+/t2*20-/m10/s1. The van der Waals surface area contributed by atoms with E-state index >= 15 is 0 Å². The van der Waals surface area contributed by atoms with Gasteiger partial charge in [-0.1, -0.05) is 24.3 Å². The summed E-state index contributed by atoms with van der Waals surface area (Å²) in [7, 11) is 3.39. The Bertz CT molecular complexity index is 2320. The number of methoxy groups -OCH3 is 2. The maximum atomic E-state index is 5.63. The van der Waals surface area contributed by atoms with Crippen molar-refractivity contribution in [1.29, 1.82) is 0 Å². The minimum absolute atomic E-state index is 0.545. The molecule has 8 heterocycles. The molecule has 0 amide bonds. The van der Waals surface area contributed by atoms with Gasteiger partial charge in [-0.2, -0.15) is 10.2 Å². The molecule has 0 saturated carbocycles. The van der Waals surface area contributed by atoms with E-state index in [-0.39, 0.29) is 0 Å². The molecule has 0 bridgehead atoms. The fourth-order valence-electron chi connectivity index (χ4n) is 9.80. The third kappa shape index (κ3) is 9.31. The van der Waals surface area contributed by atoms with Crippen LogP contribution in [-0.4, -0.2) is 89.0 Å². The summed E-state index contributed by atoms with van der Waals surface area (Å²) in [6.07, 6.45) is 25.6. The van der Waals surface area contributed by atoms with Crippen molar-refractivity contribution in [3.8, 4) is 22.9 Å². The van der Waals surface area contributed by atoms with Gasteiger partial charge in [-0.15, -0.1) is 0 Å². The number of fused-ring (bicyclic) bond motifs is 2. The zero-order chi connectivity index (χ0) is 42.4. The lowest BCUT2D eigenvalue weighted by molar-refractivity contribution is 0.264. The molecule has 4 aliphatic heterocycles. The maximum Gasteiger partial charge on any atom is 0.174 e. The minimum atomic E-state index is 0.545.